The number of aliphatic carboxylic acids is 1. The zero-order valence-electron chi connectivity index (χ0n) is 25.2. The molecular weight excluding hydrogens is 620 g/mol. The fourth-order valence-electron chi connectivity index (χ4n) is 5.01. The summed E-state index contributed by atoms with van der Waals surface area (Å²) in [5.41, 5.74) is 1.01. The van der Waals surface area contributed by atoms with Gasteiger partial charge >= 0.3 is 18.3 Å². The van der Waals surface area contributed by atoms with Crippen molar-refractivity contribution in [1.82, 2.24) is 20.2 Å². The van der Waals surface area contributed by atoms with E-state index in [0.717, 1.165) is 5.39 Å². The molecule has 1 amide bonds. The Morgan fingerprint density at radius 1 is 1.13 bits per heavy atom. The van der Waals surface area contributed by atoms with Crippen LogP contribution in [0.1, 0.15) is 50.5 Å². The average Bonchev–Trinajstić information content (AvgIpc) is 3.51. The van der Waals surface area contributed by atoms with Crippen molar-refractivity contribution in [1.29, 1.82) is 5.26 Å². The summed E-state index contributed by atoms with van der Waals surface area (Å²) >= 11 is 0. The summed E-state index contributed by atoms with van der Waals surface area (Å²) in [4.78, 5) is 26.4. The van der Waals surface area contributed by atoms with Gasteiger partial charge in [0.05, 0.1) is 24.0 Å². The number of benzene rings is 2. The van der Waals surface area contributed by atoms with Crippen molar-refractivity contribution in [2.24, 2.45) is 13.0 Å². The van der Waals surface area contributed by atoms with Crippen molar-refractivity contribution in [2.45, 2.75) is 70.0 Å². The van der Waals surface area contributed by atoms with E-state index in [1.165, 1.54) is 12.1 Å². The molecule has 0 saturated heterocycles. The Morgan fingerprint density at radius 2 is 1.76 bits per heavy atom. The molecule has 9 nitrogen and oxygen atoms in total. The number of imidazole rings is 1. The Labute approximate surface area is 259 Å². The number of para-hydroxylation sites is 1. The van der Waals surface area contributed by atoms with Gasteiger partial charge in [-0.2, -0.15) is 31.6 Å². The summed E-state index contributed by atoms with van der Waals surface area (Å²) < 4.78 is 83.7. The molecule has 0 unspecified atom stereocenters. The molecule has 5 rings (SSSR count). The molecule has 0 radical (unpaired) electrons. The predicted octanol–water partition coefficient (Wildman–Crippen LogP) is 6.71. The SMILES string of the molecule is Cc1ncc(-c2cc([C@H](N[C@@H](CC(C)C)C(=O)NC3(C#N)CC3)C(F)(F)F)cc3oc4ccccc4c23)n1C.O=C(O)C(F)(F)F. The van der Waals surface area contributed by atoms with E-state index in [2.05, 4.69) is 21.7 Å². The van der Waals surface area contributed by atoms with Crippen molar-refractivity contribution in [3.05, 3.63) is 54.0 Å². The van der Waals surface area contributed by atoms with Gasteiger partial charge in [0.2, 0.25) is 5.91 Å². The number of carboxylic acids is 1. The van der Waals surface area contributed by atoms with E-state index in [4.69, 9.17) is 14.3 Å². The fourth-order valence-corrected chi connectivity index (χ4v) is 5.01. The van der Waals surface area contributed by atoms with Crippen LogP contribution < -0.4 is 10.6 Å². The maximum Gasteiger partial charge on any atom is 0.490 e. The van der Waals surface area contributed by atoms with Crippen molar-refractivity contribution in [3.8, 4) is 17.3 Å². The number of carboxylic acid groups (broad SMARTS) is 1. The molecule has 3 N–H and O–H groups in total. The van der Waals surface area contributed by atoms with Crippen LogP contribution in [0.2, 0.25) is 0 Å². The number of alkyl halides is 6. The van der Waals surface area contributed by atoms with Gasteiger partial charge in [-0.05, 0) is 55.9 Å². The topological polar surface area (TPSA) is 133 Å². The van der Waals surface area contributed by atoms with Gasteiger partial charge < -0.3 is 19.4 Å². The largest absolute Gasteiger partial charge is 0.490 e. The first-order valence-corrected chi connectivity index (χ1v) is 14.2. The second kappa shape index (κ2) is 12.7. The first-order valence-electron chi connectivity index (χ1n) is 14.2. The van der Waals surface area contributed by atoms with Crippen LogP contribution >= 0.6 is 0 Å². The highest BCUT2D eigenvalue weighted by Gasteiger charge is 2.48. The third-order valence-electron chi connectivity index (χ3n) is 7.62. The van der Waals surface area contributed by atoms with E-state index in [1.54, 1.807) is 12.3 Å². The van der Waals surface area contributed by atoms with Crippen molar-refractivity contribution < 1.29 is 45.5 Å². The minimum Gasteiger partial charge on any atom is -0.475 e. The molecule has 1 saturated carbocycles. The molecule has 1 fully saturated rings. The maximum atomic E-state index is 14.7. The summed E-state index contributed by atoms with van der Waals surface area (Å²) in [6, 6.07) is 8.97. The van der Waals surface area contributed by atoms with Gasteiger partial charge in [-0.25, -0.2) is 9.78 Å². The number of nitrogens with zero attached hydrogens (tertiary/aromatic N) is 3. The Balaban J connectivity index is 0.000000617. The first kappa shape index (κ1) is 34.3. The van der Waals surface area contributed by atoms with E-state index in [-0.39, 0.29) is 17.9 Å². The standard InChI is InChI=1S/C29H30F3N5O2.C2HF3O2/c1-16(2)11-21(27(38)36-28(15-33)9-10-28)35-26(29(30,31)32)18-12-20(22-14-34-17(3)37(22)4)25-19-7-5-6-8-23(19)39-24(25)13-18;3-2(4,5)1(6)7/h5-8,12-14,16,21,26,35H,9-11H2,1-4H3,(H,36,38);(H,6,7)/t21-,26-;/m0./s1. The second-order valence-electron chi connectivity index (χ2n) is 11.6. The van der Waals surface area contributed by atoms with Crippen LogP contribution in [0.15, 0.2) is 47.0 Å². The summed E-state index contributed by atoms with van der Waals surface area (Å²) in [7, 11) is 1.81. The Kier molecular flexibility index (Phi) is 9.44. The van der Waals surface area contributed by atoms with Gasteiger partial charge in [0.15, 0.2) is 0 Å². The van der Waals surface area contributed by atoms with Crippen LogP contribution in [0, 0.1) is 24.2 Å². The van der Waals surface area contributed by atoms with Crippen molar-refractivity contribution >= 4 is 33.8 Å². The van der Waals surface area contributed by atoms with Crippen LogP contribution in [-0.2, 0) is 16.6 Å². The molecule has 46 heavy (non-hydrogen) atoms. The van der Waals surface area contributed by atoms with Crippen molar-refractivity contribution in [3.63, 3.8) is 0 Å². The number of carbonyl (C=O) groups is 2. The number of nitriles is 1. The number of furan rings is 1. The molecule has 2 aromatic carbocycles. The molecule has 0 spiro atoms. The van der Waals surface area contributed by atoms with Crippen LogP contribution in [0.3, 0.4) is 0 Å². The molecule has 2 heterocycles. The number of amides is 1. The zero-order valence-corrected chi connectivity index (χ0v) is 25.2. The number of nitrogens with one attached hydrogen (secondary N) is 2. The molecule has 4 aromatic rings. The number of aromatic nitrogens is 2. The highest BCUT2D eigenvalue weighted by molar-refractivity contribution is 6.12. The summed E-state index contributed by atoms with van der Waals surface area (Å²) in [5, 5.41) is 23.3. The van der Waals surface area contributed by atoms with Gasteiger partial charge in [-0.1, -0.05) is 32.0 Å². The molecule has 2 atom stereocenters. The minimum absolute atomic E-state index is 0.0646. The highest BCUT2D eigenvalue weighted by atomic mass is 19.4. The lowest BCUT2D eigenvalue weighted by molar-refractivity contribution is -0.192. The average molecular weight is 652 g/mol. The van der Waals surface area contributed by atoms with Gasteiger partial charge in [-0.3, -0.25) is 10.1 Å². The smallest absolute Gasteiger partial charge is 0.475 e. The Hall–Kier alpha value is -4.58. The molecule has 2 aromatic heterocycles. The monoisotopic (exact) mass is 651 g/mol. The van der Waals surface area contributed by atoms with E-state index < -0.39 is 41.9 Å². The highest BCUT2D eigenvalue weighted by Crippen LogP contribution is 2.42. The number of aryl methyl sites for hydroxylation is 1. The van der Waals surface area contributed by atoms with E-state index >= 15 is 0 Å². The number of hydrogen-bond donors (Lipinski definition) is 3. The number of hydrogen-bond acceptors (Lipinski definition) is 6. The summed E-state index contributed by atoms with van der Waals surface area (Å²) in [6.07, 6.45) is -7.02. The third-order valence-corrected chi connectivity index (χ3v) is 7.62. The maximum absolute atomic E-state index is 14.7. The van der Waals surface area contributed by atoms with E-state index in [1.807, 2.05) is 50.6 Å². The van der Waals surface area contributed by atoms with E-state index in [9.17, 15) is 36.4 Å². The molecule has 1 aliphatic carbocycles. The van der Waals surface area contributed by atoms with Gasteiger partial charge in [0, 0.05) is 23.4 Å². The number of fused-ring (bicyclic) bond motifs is 3. The van der Waals surface area contributed by atoms with E-state index in [0.29, 0.717) is 46.5 Å². The fraction of sp³-hybridized carbons (Fsp3) is 0.419. The molecule has 1 aliphatic rings. The molecule has 246 valence electrons. The van der Waals surface area contributed by atoms with Gasteiger partial charge in [0.25, 0.3) is 0 Å². The van der Waals surface area contributed by atoms with Gasteiger partial charge in [0.1, 0.15) is 28.6 Å². The first-order chi connectivity index (χ1) is 21.4. The zero-order chi connectivity index (χ0) is 34.2. The number of carbonyl (C=O) groups excluding carboxylic acids is 1. The van der Waals surface area contributed by atoms with Crippen LogP contribution in [0.5, 0.6) is 0 Å². The lowest BCUT2D eigenvalue weighted by Crippen LogP contribution is -2.52. The van der Waals surface area contributed by atoms with Gasteiger partial charge in [-0.15, -0.1) is 0 Å². The summed E-state index contributed by atoms with van der Waals surface area (Å²) in [6.45, 7) is 5.50. The number of rotatable bonds is 8. The Bertz CT molecular complexity index is 1800. The molecule has 0 aliphatic heterocycles. The number of halogens is 6. The van der Waals surface area contributed by atoms with Crippen LogP contribution in [0.25, 0.3) is 33.2 Å². The summed E-state index contributed by atoms with van der Waals surface area (Å²) in [5.74, 6) is -2.72. The van der Waals surface area contributed by atoms with Crippen LogP contribution in [-0.4, -0.2) is 50.5 Å². The van der Waals surface area contributed by atoms with Crippen molar-refractivity contribution in [2.75, 3.05) is 0 Å². The molecule has 0 bridgehead atoms. The second-order valence-corrected chi connectivity index (χ2v) is 11.6. The van der Waals surface area contributed by atoms with Crippen LogP contribution in [0.4, 0.5) is 26.3 Å². The predicted molar refractivity (Wildman–Crippen MR) is 155 cm³/mol. The minimum atomic E-state index is -5.08. The lowest BCUT2D eigenvalue weighted by Gasteiger charge is -2.29. The lowest BCUT2D eigenvalue weighted by atomic mass is 9.95. The molecular formula is C31H31F6N5O4. The normalized spacial score (nSPS) is 15.6. The Morgan fingerprint density at radius 3 is 2.26 bits per heavy atom. The third kappa shape index (κ3) is 7.44. The molecule has 15 heteroatoms. The quantitative estimate of drug-likeness (QED) is 0.181.